The number of pyridine rings is 1. The molecule has 0 aliphatic rings. The first-order chi connectivity index (χ1) is 9.78. The zero-order valence-electron chi connectivity index (χ0n) is 11.2. The van der Waals surface area contributed by atoms with Crippen LogP contribution in [0.3, 0.4) is 0 Å². The molecule has 1 aromatic carbocycles. The highest BCUT2D eigenvalue weighted by Crippen LogP contribution is 2.23. The van der Waals surface area contributed by atoms with E-state index in [0.29, 0.717) is 0 Å². The maximum Gasteiger partial charge on any atom is 0.0758 e. The normalized spacial score (nSPS) is 11.1. The van der Waals surface area contributed by atoms with E-state index in [-0.39, 0.29) is 0 Å². The van der Waals surface area contributed by atoms with Crippen molar-refractivity contribution in [1.82, 2.24) is 20.1 Å². The molecule has 0 saturated heterocycles. The summed E-state index contributed by atoms with van der Waals surface area (Å²) < 4.78 is 2.84. The van der Waals surface area contributed by atoms with E-state index in [9.17, 15) is 0 Å². The quantitative estimate of drug-likeness (QED) is 0.798. The Kier molecular flexibility index (Phi) is 3.80. The van der Waals surface area contributed by atoms with Crippen LogP contribution in [0.2, 0.25) is 0 Å². The molecule has 0 bridgehead atoms. The molecule has 1 N–H and O–H groups in total. The summed E-state index contributed by atoms with van der Waals surface area (Å²) in [6.07, 6.45) is 3.75. The van der Waals surface area contributed by atoms with Crippen molar-refractivity contribution in [2.75, 3.05) is 6.54 Å². The first kappa shape index (κ1) is 13.3. The van der Waals surface area contributed by atoms with Gasteiger partial charge in [-0.2, -0.15) is 5.10 Å². The Hall–Kier alpha value is -1.72. The number of hydrogen-bond acceptors (Lipinski definition) is 3. The van der Waals surface area contributed by atoms with Gasteiger partial charge in [0.2, 0.25) is 0 Å². The zero-order valence-corrected chi connectivity index (χ0v) is 12.8. The smallest absolute Gasteiger partial charge is 0.0758 e. The summed E-state index contributed by atoms with van der Waals surface area (Å²) in [5.74, 6) is 0. The number of hydrogen-bond donors (Lipinski definition) is 1. The summed E-state index contributed by atoms with van der Waals surface area (Å²) >= 11 is 3.44. The molecule has 4 nitrogen and oxygen atoms in total. The molecule has 20 heavy (non-hydrogen) atoms. The van der Waals surface area contributed by atoms with Crippen LogP contribution in [0.4, 0.5) is 0 Å². The predicted octanol–water partition coefficient (Wildman–Crippen LogP) is 3.29. The fourth-order valence-electron chi connectivity index (χ4n) is 2.18. The number of halogens is 1. The van der Waals surface area contributed by atoms with Gasteiger partial charge in [-0.1, -0.05) is 25.1 Å². The highest BCUT2D eigenvalue weighted by molar-refractivity contribution is 9.10. The summed E-state index contributed by atoms with van der Waals surface area (Å²) in [6.45, 7) is 3.78. The third-order valence-corrected chi connectivity index (χ3v) is 3.51. The summed E-state index contributed by atoms with van der Waals surface area (Å²) in [4.78, 5) is 4.69. The molecular weight excluding hydrogens is 316 g/mol. The van der Waals surface area contributed by atoms with Crippen LogP contribution in [0.25, 0.3) is 16.6 Å². The molecule has 0 amide bonds. The molecule has 2 aromatic heterocycles. The van der Waals surface area contributed by atoms with Crippen molar-refractivity contribution in [1.29, 1.82) is 0 Å². The largest absolute Gasteiger partial charge is 0.311 e. The Labute approximate surface area is 126 Å². The molecule has 3 aromatic rings. The summed E-state index contributed by atoms with van der Waals surface area (Å²) in [5.41, 5.74) is 3.06. The molecule has 0 saturated carbocycles. The van der Waals surface area contributed by atoms with Gasteiger partial charge in [-0.3, -0.25) is 4.98 Å². The van der Waals surface area contributed by atoms with E-state index in [4.69, 9.17) is 4.98 Å². The minimum Gasteiger partial charge on any atom is -0.311 e. The maximum absolute atomic E-state index is 4.69. The van der Waals surface area contributed by atoms with Crippen molar-refractivity contribution in [2.24, 2.45) is 0 Å². The van der Waals surface area contributed by atoms with E-state index in [1.165, 1.54) is 0 Å². The van der Waals surface area contributed by atoms with Crippen LogP contribution in [-0.2, 0) is 6.54 Å². The Balaban J connectivity index is 2.17. The van der Waals surface area contributed by atoms with Gasteiger partial charge in [0.1, 0.15) is 0 Å². The molecule has 0 radical (unpaired) electrons. The molecule has 0 aliphatic heterocycles. The summed E-state index contributed by atoms with van der Waals surface area (Å²) in [6, 6.07) is 10.2. The first-order valence-electron chi connectivity index (χ1n) is 6.58. The third-order valence-electron chi connectivity index (χ3n) is 3.10. The van der Waals surface area contributed by atoms with Gasteiger partial charge in [-0.15, -0.1) is 0 Å². The highest BCUT2D eigenvalue weighted by atomic mass is 79.9. The van der Waals surface area contributed by atoms with Crippen LogP contribution >= 0.6 is 15.9 Å². The van der Waals surface area contributed by atoms with Crippen LogP contribution in [0.1, 0.15) is 12.6 Å². The van der Waals surface area contributed by atoms with Gasteiger partial charge < -0.3 is 5.32 Å². The van der Waals surface area contributed by atoms with Crippen molar-refractivity contribution in [2.45, 2.75) is 13.5 Å². The van der Waals surface area contributed by atoms with Crippen molar-refractivity contribution < 1.29 is 0 Å². The van der Waals surface area contributed by atoms with E-state index in [1.54, 1.807) is 6.20 Å². The van der Waals surface area contributed by atoms with Crippen LogP contribution in [0.5, 0.6) is 0 Å². The molecule has 0 unspecified atom stereocenters. The number of rotatable bonds is 4. The van der Waals surface area contributed by atoms with Crippen LogP contribution in [0.15, 0.2) is 47.2 Å². The van der Waals surface area contributed by atoms with E-state index >= 15 is 0 Å². The lowest BCUT2D eigenvalue weighted by Crippen LogP contribution is -2.13. The van der Waals surface area contributed by atoms with Crippen LogP contribution < -0.4 is 5.32 Å². The summed E-state index contributed by atoms with van der Waals surface area (Å²) in [5, 5.41) is 8.79. The van der Waals surface area contributed by atoms with E-state index in [0.717, 1.165) is 39.8 Å². The second-order valence-electron chi connectivity index (χ2n) is 4.53. The van der Waals surface area contributed by atoms with Gasteiger partial charge >= 0.3 is 0 Å². The van der Waals surface area contributed by atoms with Crippen molar-refractivity contribution in [3.63, 3.8) is 0 Å². The van der Waals surface area contributed by atoms with Gasteiger partial charge in [0, 0.05) is 18.1 Å². The average molecular weight is 331 g/mol. The lowest BCUT2D eigenvalue weighted by atomic mass is 10.1. The molecule has 2 heterocycles. The molecule has 0 spiro atoms. The monoisotopic (exact) mass is 330 g/mol. The van der Waals surface area contributed by atoms with Gasteiger partial charge in [0.05, 0.1) is 27.6 Å². The zero-order chi connectivity index (χ0) is 13.9. The van der Waals surface area contributed by atoms with Crippen molar-refractivity contribution >= 4 is 26.8 Å². The van der Waals surface area contributed by atoms with Gasteiger partial charge in [-0.05, 0) is 34.6 Å². The standard InChI is InChI=1S/C15H15BrN4/c1-2-17-9-12-7-15(20-10-11(16)8-18-20)13-5-3-4-6-14(13)19-12/h3-8,10,17H,2,9H2,1H3. The Bertz CT molecular complexity index is 736. The highest BCUT2D eigenvalue weighted by Gasteiger charge is 2.08. The molecule has 0 aliphatic carbocycles. The number of aromatic nitrogens is 3. The molecular formula is C15H15BrN4. The second kappa shape index (κ2) is 5.73. The fraction of sp³-hybridized carbons (Fsp3) is 0.200. The van der Waals surface area contributed by atoms with Crippen molar-refractivity contribution in [3.8, 4) is 5.69 Å². The topological polar surface area (TPSA) is 42.7 Å². The van der Waals surface area contributed by atoms with E-state index in [1.807, 2.05) is 29.1 Å². The van der Waals surface area contributed by atoms with Crippen LogP contribution in [0, 0.1) is 0 Å². The number of para-hydroxylation sites is 1. The minimum atomic E-state index is 0.761. The number of nitrogens with one attached hydrogen (secondary N) is 1. The molecule has 102 valence electrons. The Morgan fingerprint density at radius 1 is 1.30 bits per heavy atom. The Morgan fingerprint density at radius 2 is 2.15 bits per heavy atom. The Morgan fingerprint density at radius 3 is 2.90 bits per heavy atom. The third kappa shape index (κ3) is 2.59. The summed E-state index contributed by atoms with van der Waals surface area (Å²) in [7, 11) is 0. The fourth-order valence-corrected chi connectivity index (χ4v) is 2.46. The molecule has 0 fully saturated rings. The van der Waals surface area contributed by atoms with E-state index < -0.39 is 0 Å². The van der Waals surface area contributed by atoms with Gasteiger partial charge in [0.25, 0.3) is 0 Å². The van der Waals surface area contributed by atoms with E-state index in [2.05, 4.69) is 45.4 Å². The number of nitrogens with zero attached hydrogens (tertiary/aromatic N) is 3. The lowest BCUT2D eigenvalue weighted by molar-refractivity contribution is 0.711. The first-order valence-corrected chi connectivity index (χ1v) is 7.37. The molecule has 5 heteroatoms. The molecule has 0 atom stereocenters. The minimum absolute atomic E-state index is 0.761. The van der Waals surface area contributed by atoms with Gasteiger partial charge in [0.15, 0.2) is 0 Å². The average Bonchev–Trinajstić information content (AvgIpc) is 2.90. The SMILES string of the molecule is CCNCc1cc(-n2cc(Br)cn2)c2ccccc2n1. The molecule has 3 rings (SSSR count). The second-order valence-corrected chi connectivity index (χ2v) is 5.45. The van der Waals surface area contributed by atoms with Crippen molar-refractivity contribution in [3.05, 3.63) is 52.9 Å². The maximum atomic E-state index is 4.69. The van der Waals surface area contributed by atoms with Crippen LogP contribution in [-0.4, -0.2) is 21.3 Å². The number of fused-ring (bicyclic) bond motifs is 1. The lowest BCUT2D eigenvalue weighted by Gasteiger charge is -2.10. The van der Waals surface area contributed by atoms with Gasteiger partial charge in [-0.25, -0.2) is 4.68 Å². The number of benzene rings is 1. The predicted molar refractivity (Wildman–Crippen MR) is 83.9 cm³/mol.